The number of rotatable bonds is 4. The Kier molecular flexibility index (Phi) is 4.67. The molecule has 0 spiro atoms. The van der Waals surface area contributed by atoms with Gasteiger partial charge in [0.25, 0.3) is 0 Å². The van der Waals surface area contributed by atoms with Crippen molar-refractivity contribution < 1.29 is 19.8 Å². The molecule has 0 fully saturated rings. The van der Waals surface area contributed by atoms with E-state index in [4.69, 9.17) is 15.9 Å². The SMILES string of the molecule is NC([CH2][Na])C(C(=O)O)C(=O)O. The zero-order valence-electron chi connectivity index (χ0n) is 6.15. The molecule has 1 unspecified atom stereocenters. The van der Waals surface area contributed by atoms with Crippen LogP contribution in [0.15, 0.2) is 0 Å². The molecule has 0 aliphatic carbocycles. The summed E-state index contributed by atoms with van der Waals surface area (Å²) >= 11 is 0.711. The Bertz CT molecular complexity index is 158. The van der Waals surface area contributed by atoms with Crippen molar-refractivity contribution in [2.24, 2.45) is 11.7 Å². The number of hydrogen-bond acceptors (Lipinski definition) is 3. The third-order valence-electron chi connectivity index (χ3n) is 1.43. The van der Waals surface area contributed by atoms with Crippen LogP contribution in [0.2, 0.25) is 3.67 Å². The molecule has 0 bridgehead atoms. The number of nitrogens with two attached hydrogens (primary N) is 1. The molecular weight excluding hydrogens is 161 g/mol. The Labute approximate surface area is 81.0 Å². The van der Waals surface area contributed by atoms with Gasteiger partial charge in [-0.3, -0.25) is 0 Å². The first-order valence-corrected chi connectivity index (χ1v) is 4.63. The third kappa shape index (κ3) is 3.20. The van der Waals surface area contributed by atoms with E-state index in [9.17, 15) is 9.59 Å². The Hall–Kier alpha value is -0.100. The summed E-state index contributed by atoms with van der Waals surface area (Å²) < 4.78 is 0.475. The zero-order chi connectivity index (χ0) is 9.02. The van der Waals surface area contributed by atoms with Gasteiger partial charge in [-0.1, -0.05) is 0 Å². The van der Waals surface area contributed by atoms with Crippen LogP contribution >= 0.6 is 0 Å². The van der Waals surface area contributed by atoms with Crippen LogP contribution in [0.5, 0.6) is 0 Å². The van der Waals surface area contributed by atoms with Crippen LogP contribution in [-0.4, -0.2) is 56.1 Å². The van der Waals surface area contributed by atoms with Crippen molar-refractivity contribution in [3.8, 4) is 0 Å². The molecule has 0 amide bonds. The van der Waals surface area contributed by atoms with Gasteiger partial charge in [-0.05, 0) is 0 Å². The number of aliphatic carboxylic acids is 2. The van der Waals surface area contributed by atoms with Gasteiger partial charge in [0.05, 0.1) is 0 Å². The first-order chi connectivity index (χ1) is 5.00. The molecule has 11 heavy (non-hydrogen) atoms. The Morgan fingerprint density at radius 1 is 1.36 bits per heavy atom. The van der Waals surface area contributed by atoms with Gasteiger partial charge >= 0.3 is 81.0 Å². The van der Waals surface area contributed by atoms with Gasteiger partial charge in [0.1, 0.15) is 0 Å². The molecule has 58 valence electrons. The van der Waals surface area contributed by atoms with Crippen molar-refractivity contribution in [3.05, 3.63) is 0 Å². The van der Waals surface area contributed by atoms with Crippen molar-refractivity contribution >= 4 is 39.9 Å². The predicted molar refractivity (Wildman–Crippen MR) is 37.3 cm³/mol. The molecule has 4 N–H and O–H groups in total. The molecule has 5 nitrogen and oxygen atoms in total. The van der Waals surface area contributed by atoms with Crippen molar-refractivity contribution in [1.82, 2.24) is 0 Å². The summed E-state index contributed by atoms with van der Waals surface area (Å²) in [6, 6.07) is -0.753. The van der Waals surface area contributed by atoms with E-state index in [1.165, 1.54) is 0 Å². The van der Waals surface area contributed by atoms with Crippen LogP contribution in [0.1, 0.15) is 0 Å². The van der Waals surface area contributed by atoms with Gasteiger partial charge in [0, 0.05) is 0 Å². The van der Waals surface area contributed by atoms with Crippen molar-refractivity contribution in [2.75, 3.05) is 0 Å². The van der Waals surface area contributed by atoms with Gasteiger partial charge in [0.2, 0.25) is 0 Å². The van der Waals surface area contributed by atoms with E-state index >= 15 is 0 Å². The van der Waals surface area contributed by atoms with Crippen LogP contribution in [0, 0.1) is 5.92 Å². The van der Waals surface area contributed by atoms with Crippen LogP contribution < -0.4 is 5.73 Å². The van der Waals surface area contributed by atoms with Crippen molar-refractivity contribution in [2.45, 2.75) is 9.71 Å². The quantitative estimate of drug-likeness (QED) is 0.358. The number of hydrogen-bond donors (Lipinski definition) is 3. The standard InChI is InChI=1S/C5H8NO4.Na/c1-2(6)3(4(7)8)5(9)10;/h2-3H,1,6H2,(H,7,8)(H,9,10);. The molecule has 0 aromatic rings. The predicted octanol–water partition coefficient (Wildman–Crippen LogP) is -1.31. The molecule has 0 aliphatic rings. The summed E-state index contributed by atoms with van der Waals surface area (Å²) in [5.41, 5.74) is 5.29. The normalized spacial score (nSPS) is 13.1. The van der Waals surface area contributed by atoms with Gasteiger partial charge in [0.15, 0.2) is 0 Å². The number of carboxylic acids is 2. The van der Waals surface area contributed by atoms with Gasteiger partial charge in [-0.15, -0.1) is 0 Å². The fourth-order valence-corrected chi connectivity index (χ4v) is 1.18. The second-order valence-electron chi connectivity index (χ2n) is 2.23. The summed E-state index contributed by atoms with van der Waals surface area (Å²) in [6.45, 7) is 0. The van der Waals surface area contributed by atoms with E-state index in [0.29, 0.717) is 31.6 Å². The first-order valence-electron chi connectivity index (χ1n) is 3.21. The van der Waals surface area contributed by atoms with E-state index in [1.807, 2.05) is 0 Å². The summed E-state index contributed by atoms with van der Waals surface area (Å²) in [5, 5.41) is 16.8. The molecule has 0 rings (SSSR count). The fourth-order valence-electron chi connectivity index (χ4n) is 0.708. The van der Waals surface area contributed by atoms with Gasteiger partial charge < -0.3 is 0 Å². The van der Waals surface area contributed by atoms with E-state index in [1.54, 1.807) is 0 Å². The molecule has 0 radical (unpaired) electrons. The molecule has 1 atom stereocenters. The van der Waals surface area contributed by atoms with Crippen molar-refractivity contribution in [1.29, 1.82) is 0 Å². The number of carboxylic acid groups (broad SMARTS) is 2. The monoisotopic (exact) mass is 169 g/mol. The van der Waals surface area contributed by atoms with Crippen LogP contribution in [0.4, 0.5) is 0 Å². The molecule has 0 saturated carbocycles. The summed E-state index contributed by atoms with van der Waals surface area (Å²) in [5.74, 6) is -4.17. The van der Waals surface area contributed by atoms with Crippen LogP contribution in [-0.2, 0) is 9.59 Å². The van der Waals surface area contributed by atoms with Crippen molar-refractivity contribution in [3.63, 3.8) is 0 Å². The molecule has 0 heterocycles. The second kappa shape index (κ2) is 4.71. The van der Waals surface area contributed by atoms with Crippen LogP contribution in [0.25, 0.3) is 0 Å². The van der Waals surface area contributed by atoms with Gasteiger partial charge in [-0.2, -0.15) is 0 Å². The fraction of sp³-hybridized carbons (Fsp3) is 0.600. The van der Waals surface area contributed by atoms with E-state index < -0.39 is 23.9 Å². The number of carbonyl (C=O) groups is 2. The molecule has 0 saturated heterocycles. The molecule has 6 heteroatoms. The zero-order valence-corrected chi connectivity index (χ0v) is 8.15. The minimum atomic E-state index is -1.45. The van der Waals surface area contributed by atoms with Gasteiger partial charge in [-0.25, -0.2) is 0 Å². The topological polar surface area (TPSA) is 101 Å². The molecule has 0 aromatic carbocycles. The van der Waals surface area contributed by atoms with E-state index in [0.717, 1.165) is 0 Å². The maximum absolute atomic E-state index is 10.3. The maximum atomic E-state index is 10.3. The summed E-state index contributed by atoms with van der Waals surface area (Å²) in [7, 11) is 0. The summed E-state index contributed by atoms with van der Waals surface area (Å²) in [6.07, 6.45) is 0. The molecular formula is C5H8NNaO4. The molecule has 0 aliphatic heterocycles. The second-order valence-corrected chi connectivity index (χ2v) is 3.04. The average Bonchev–Trinajstić information content (AvgIpc) is 1.85. The Morgan fingerprint density at radius 3 is 1.82 bits per heavy atom. The Balaban J connectivity index is 4.34. The Morgan fingerprint density at radius 2 is 1.73 bits per heavy atom. The average molecular weight is 169 g/mol. The first kappa shape index (κ1) is 10.9. The van der Waals surface area contributed by atoms with E-state index in [2.05, 4.69) is 0 Å². The van der Waals surface area contributed by atoms with E-state index in [-0.39, 0.29) is 0 Å². The molecule has 0 aromatic heterocycles. The third-order valence-corrected chi connectivity index (χ3v) is 2.37. The van der Waals surface area contributed by atoms with Crippen LogP contribution in [0.3, 0.4) is 0 Å². The summed E-state index contributed by atoms with van der Waals surface area (Å²) in [4.78, 5) is 20.6. The minimum absolute atomic E-state index is 0.475.